The molecule has 0 aliphatic heterocycles. The monoisotopic (exact) mass is 396 g/mol. The van der Waals surface area contributed by atoms with Gasteiger partial charge in [-0.1, -0.05) is 60.7 Å². The molecule has 0 radical (unpaired) electrons. The number of nitrogens with zero attached hydrogens (tertiary/aromatic N) is 3. The minimum Gasteiger partial charge on any atom is -0.351 e. The van der Waals surface area contributed by atoms with Crippen LogP contribution in [0, 0.1) is 0 Å². The first-order valence-corrected chi connectivity index (χ1v) is 10.9. The first-order valence-electron chi connectivity index (χ1n) is 9.23. The van der Waals surface area contributed by atoms with Gasteiger partial charge in [-0.2, -0.15) is 0 Å². The maximum atomic E-state index is 12.3. The van der Waals surface area contributed by atoms with Crippen LogP contribution in [0.1, 0.15) is 18.1 Å². The van der Waals surface area contributed by atoms with E-state index in [1.807, 2.05) is 55.5 Å². The molecule has 0 aliphatic carbocycles. The molecule has 2 aromatic carbocycles. The maximum absolute atomic E-state index is 12.3. The Bertz CT molecular complexity index is 962. The summed E-state index contributed by atoms with van der Waals surface area (Å²) in [4.78, 5) is 2.08. The molecule has 0 atom stereocenters. The lowest BCUT2D eigenvalue weighted by Crippen LogP contribution is -2.24. The minimum atomic E-state index is -3.49. The van der Waals surface area contributed by atoms with Crippen molar-refractivity contribution < 1.29 is 8.42 Å². The number of nitrogens with one attached hydrogen (secondary N) is 1. The lowest BCUT2D eigenvalue weighted by atomic mass is 10.2. The Morgan fingerprint density at radius 1 is 0.857 bits per heavy atom. The zero-order valence-electron chi connectivity index (χ0n) is 15.8. The van der Waals surface area contributed by atoms with Gasteiger partial charge in [0.05, 0.1) is 5.75 Å². The number of anilines is 2. The molecular formula is C21H24N4O2S. The summed E-state index contributed by atoms with van der Waals surface area (Å²) in [6.07, 6.45) is 0.447. The molecule has 0 saturated carbocycles. The molecule has 28 heavy (non-hydrogen) atoms. The molecule has 0 unspecified atom stereocenters. The number of aromatic nitrogens is 2. The van der Waals surface area contributed by atoms with Crippen LogP contribution >= 0.6 is 0 Å². The van der Waals surface area contributed by atoms with E-state index in [9.17, 15) is 8.42 Å². The van der Waals surface area contributed by atoms with Crippen molar-refractivity contribution in [3.8, 4) is 0 Å². The van der Waals surface area contributed by atoms with Gasteiger partial charge in [0, 0.05) is 13.1 Å². The normalized spacial score (nSPS) is 11.2. The van der Waals surface area contributed by atoms with Crippen molar-refractivity contribution in [1.29, 1.82) is 0 Å². The predicted octanol–water partition coefficient (Wildman–Crippen LogP) is 3.49. The molecule has 0 amide bonds. The fourth-order valence-corrected chi connectivity index (χ4v) is 3.85. The van der Waals surface area contributed by atoms with E-state index in [1.165, 1.54) is 5.56 Å². The number of rotatable bonds is 9. The molecule has 0 bridgehead atoms. The van der Waals surface area contributed by atoms with E-state index in [4.69, 9.17) is 0 Å². The van der Waals surface area contributed by atoms with Gasteiger partial charge in [0.1, 0.15) is 0 Å². The zero-order chi connectivity index (χ0) is 19.8. The standard InChI is InChI=1S/C21H24N4O2S/c1-2-25(17-19-11-7-4-8-12-19)21-14-13-20(22-23-21)24-28(26,27)16-15-18-9-5-3-6-10-18/h3-14H,2,15-17H2,1H3,(H,22,24). The molecule has 0 spiro atoms. The van der Waals surface area contributed by atoms with Gasteiger partial charge in [-0.05, 0) is 36.6 Å². The zero-order valence-corrected chi connectivity index (χ0v) is 16.6. The Morgan fingerprint density at radius 2 is 1.50 bits per heavy atom. The Hall–Kier alpha value is -2.93. The molecule has 0 aliphatic rings. The van der Waals surface area contributed by atoms with Crippen molar-refractivity contribution in [1.82, 2.24) is 10.2 Å². The Labute approximate surface area is 166 Å². The molecule has 146 valence electrons. The van der Waals surface area contributed by atoms with E-state index >= 15 is 0 Å². The van der Waals surface area contributed by atoms with Crippen LogP contribution in [-0.2, 0) is 23.0 Å². The highest BCUT2D eigenvalue weighted by atomic mass is 32.2. The van der Waals surface area contributed by atoms with Crippen LogP contribution < -0.4 is 9.62 Å². The van der Waals surface area contributed by atoms with Gasteiger partial charge in [0.25, 0.3) is 0 Å². The summed E-state index contributed by atoms with van der Waals surface area (Å²) in [5.41, 5.74) is 2.16. The van der Waals surface area contributed by atoms with E-state index in [0.29, 0.717) is 18.8 Å². The molecule has 6 nitrogen and oxygen atoms in total. The van der Waals surface area contributed by atoms with Gasteiger partial charge in [0.2, 0.25) is 10.0 Å². The van der Waals surface area contributed by atoms with Crippen molar-refractivity contribution in [2.75, 3.05) is 21.9 Å². The largest absolute Gasteiger partial charge is 0.351 e. The second-order valence-electron chi connectivity index (χ2n) is 6.43. The topological polar surface area (TPSA) is 75.2 Å². The molecule has 0 saturated heterocycles. The highest BCUT2D eigenvalue weighted by Gasteiger charge is 2.13. The second kappa shape index (κ2) is 9.32. The third-order valence-electron chi connectivity index (χ3n) is 4.33. The molecule has 7 heteroatoms. The highest BCUT2D eigenvalue weighted by molar-refractivity contribution is 7.92. The third-order valence-corrected chi connectivity index (χ3v) is 5.60. The SMILES string of the molecule is CCN(Cc1ccccc1)c1ccc(NS(=O)(=O)CCc2ccccc2)nn1. The Balaban J connectivity index is 1.61. The third kappa shape index (κ3) is 5.79. The molecule has 1 aromatic heterocycles. The smallest absolute Gasteiger partial charge is 0.234 e. The predicted molar refractivity (Wildman–Crippen MR) is 113 cm³/mol. The van der Waals surface area contributed by atoms with E-state index in [1.54, 1.807) is 12.1 Å². The van der Waals surface area contributed by atoms with Gasteiger partial charge in [0.15, 0.2) is 11.6 Å². The van der Waals surface area contributed by atoms with E-state index in [0.717, 1.165) is 12.1 Å². The van der Waals surface area contributed by atoms with Gasteiger partial charge in [-0.15, -0.1) is 10.2 Å². The fraction of sp³-hybridized carbons (Fsp3) is 0.238. The van der Waals surface area contributed by atoms with Crippen molar-refractivity contribution in [3.63, 3.8) is 0 Å². The van der Waals surface area contributed by atoms with Crippen molar-refractivity contribution in [2.24, 2.45) is 0 Å². The average Bonchev–Trinajstić information content (AvgIpc) is 2.73. The molecule has 1 N–H and O–H groups in total. The van der Waals surface area contributed by atoms with Gasteiger partial charge >= 0.3 is 0 Å². The van der Waals surface area contributed by atoms with Crippen LogP contribution in [0.2, 0.25) is 0 Å². The highest BCUT2D eigenvalue weighted by Crippen LogP contribution is 2.16. The maximum Gasteiger partial charge on any atom is 0.234 e. The summed E-state index contributed by atoms with van der Waals surface area (Å²) in [5.74, 6) is 0.932. The number of benzene rings is 2. The second-order valence-corrected chi connectivity index (χ2v) is 8.27. The van der Waals surface area contributed by atoms with E-state index in [-0.39, 0.29) is 11.6 Å². The summed E-state index contributed by atoms with van der Waals surface area (Å²) < 4.78 is 27.1. The molecule has 3 aromatic rings. The average molecular weight is 397 g/mol. The van der Waals surface area contributed by atoms with Crippen LogP contribution in [0.25, 0.3) is 0 Å². The number of hydrogen-bond donors (Lipinski definition) is 1. The van der Waals surface area contributed by atoms with Crippen LogP contribution in [0.5, 0.6) is 0 Å². The lowest BCUT2D eigenvalue weighted by Gasteiger charge is -2.21. The van der Waals surface area contributed by atoms with Crippen molar-refractivity contribution in [3.05, 3.63) is 83.9 Å². The van der Waals surface area contributed by atoms with Crippen LogP contribution in [0.3, 0.4) is 0 Å². The molecular weight excluding hydrogens is 372 g/mol. The molecule has 0 fully saturated rings. The number of aryl methyl sites for hydroxylation is 1. The first kappa shape index (κ1) is 19.8. The summed E-state index contributed by atoms with van der Waals surface area (Å²) in [7, 11) is -3.49. The van der Waals surface area contributed by atoms with E-state index in [2.05, 4.69) is 32.0 Å². The lowest BCUT2D eigenvalue weighted by molar-refractivity contribution is 0.600. The Morgan fingerprint density at radius 3 is 2.07 bits per heavy atom. The van der Waals surface area contributed by atoms with Crippen molar-refractivity contribution >= 4 is 21.7 Å². The fourth-order valence-electron chi connectivity index (χ4n) is 2.81. The van der Waals surface area contributed by atoms with Gasteiger partial charge < -0.3 is 4.90 Å². The van der Waals surface area contributed by atoms with Crippen molar-refractivity contribution in [2.45, 2.75) is 19.9 Å². The summed E-state index contributed by atoms with van der Waals surface area (Å²) in [6.45, 7) is 3.53. The van der Waals surface area contributed by atoms with E-state index < -0.39 is 10.0 Å². The molecule has 1 heterocycles. The molecule has 3 rings (SSSR count). The first-order chi connectivity index (χ1) is 13.6. The summed E-state index contributed by atoms with van der Waals surface area (Å²) in [5, 5.41) is 8.24. The minimum absolute atomic E-state index is 0.00443. The van der Waals surface area contributed by atoms with Crippen LogP contribution in [-0.4, -0.2) is 30.9 Å². The number of sulfonamides is 1. The Kier molecular flexibility index (Phi) is 6.60. The quantitative estimate of drug-likeness (QED) is 0.599. The van der Waals surface area contributed by atoms with Gasteiger partial charge in [-0.3, -0.25) is 4.72 Å². The van der Waals surface area contributed by atoms with Crippen LogP contribution in [0.15, 0.2) is 72.8 Å². The van der Waals surface area contributed by atoms with Crippen LogP contribution in [0.4, 0.5) is 11.6 Å². The summed E-state index contributed by atoms with van der Waals surface area (Å²) in [6, 6.07) is 23.1. The van der Waals surface area contributed by atoms with Gasteiger partial charge in [-0.25, -0.2) is 8.42 Å². The summed E-state index contributed by atoms with van der Waals surface area (Å²) >= 11 is 0. The number of hydrogen-bond acceptors (Lipinski definition) is 5.